The second kappa shape index (κ2) is 8.87. The number of thiazole rings is 1. The number of nitrogens with zero attached hydrogens (tertiary/aromatic N) is 1. The Morgan fingerprint density at radius 2 is 1.97 bits per heavy atom. The molecule has 1 aromatic heterocycles. The number of benzene rings is 2. The van der Waals surface area contributed by atoms with Crippen LogP contribution in [-0.2, 0) is 21.2 Å². The summed E-state index contributed by atoms with van der Waals surface area (Å²) in [5.74, 6) is 0.282. The number of anilines is 1. The van der Waals surface area contributed by atoms with Crippen molar-refractivity contribution in [3.05, 3.63) is 87.1 Å². The molecule has 0 aliphatic carbocycles. The lowest BCUT2D eigenvalue weighted by molar-refractivity contribution is -0.112. The van der Waals surface area contributed by atoms with Crippen molar-refractivity contribution in [1.82, 2.24) is 4.98 Å². The summed E-state index contributed by atoms with van der Waals surface area (Å²) in [6.07, 6.45) is 5.29. The van der Waals surface area contributed by atoms with Gasteiger partial charge in [0.15, 0.2) is 5.13 Å². The van der Waals surface area contributed by atoms with Crippen molar-refractivity contribution in [1.29, 1.82) is 0 Å². The lowest BCUT2D eigenvalue weighted by Crippen LogP contribution is -2.12. The van der Waals surface area contributed by atoms with E-state index in [4.69, 9.17) is 21.5 Å². The number of hydrogen-bond acceptors (Lipinski definition) is 6. The third-order valence-electron chi connectivity index (χ3n) is 4.72. The summed E-state index contributed by atoms with van der Waals surface area (Å²) in [4.78, 5) is 18.3. The Labute approximate surface area is 194 Å². The van der Waals surface area contributed by atoms with Gasteiger partial charge in [-0.05, 0) is 55.0 Å². The zero-order valence-corrected chi connectivity index (χ0v) is 19.2. The van der Waals surface area contributed by atoms with Gasteiger partial charge in [-0.25, -0.2) is 18.5 Å². The highest BCUT2D eigenvalue weighted by atomic mass is 35.5. The minimum atomic E-state index is -3.73. The largest absolute Gasteiger partial charge is 0.464 e. The van der Waals surface area contributed by atoms with Gasteiger partial charge in [0.25, 0.3) is 5.91 Å². The van der Waals surface area contributed by atoms with Gasteiger partial charge in [0.2, 0.25) is 10.0 Å². The molecule has 1 amide bonds. The number of fused-ring (bicyclic) bond motifs is 1. The van der Waals surface area contributed by atoms with Crippen LogP contribution in [0.25, 0.3) is 6.08 Å². The maximum atomic E-state index is 12.8. The topological polar surface area (TPSA) is 111 Å². The van der Waals surface area contributed by atoms with E-state index in [9.17, 15) is 13.2 Å². The molecule has 0 atom stereocenters. The SMILES string of the molecule is Cc1nc(NC(=O)C2=Cc3cc(Cl)ccc3OC=C2)sc1Cc1ccc(S(N)(=O)=O)cc1. The number of primary sulfonamides is 1. The van der Waals surface area contributed by atoms with Gasteiger partial charge in [-0.15, -0.1) is 11.3 Å². The highest BCUT2D eigenvalue weighted by Crippen LogP contribution is 2.29. The van der Waals surface area contributed by atoms with Gasteiger partial charge in [-0.1, -0.05) is 23.7 Å². The van der Waals surface area contributed by atoms with Gasteiger partial charge in [0, 0.05) is 27.5 Å². The molecule has 0 saturated carbocycles. The first kappa shape index (κ1) is 22.2. The number of aromatic nitrogens is 1. The van der Waals surface area contributed by atoms with Crippen molar-refractivity contribution in [2.24, 2.45) is 5.14 Å². The standard InChI is InChI=1S/C22H18ClN3O4S2/c1-13-20(10-14-2-5-18(6-3-14)32(24,28)29)31-22(25-13)26-21(27)15-8-9-30-19-7-4-17(23)12-16(19)11-15/h2-9,11-12H,10H2,1H3,(H2,24,28,29)(H,25,26,27). The van der Waals surface area contributed by atoms with Crippen molar-refractivity contribution in [2.75, 3.05) is 5.32 Å². The summed E-state index contributed by atoms with van der Waals surface area (Å²) in [6.45, 7) is 1.86. The van der Waals surface area contributed by atoms with Crippen LogP contribution >= 0.6 is 22.9 Å². The number of ether oxygens (including phenoxy) is 1. The molecular weight excluding hydrogens is 470 g/mol. The zero-order chi connectivity index (χ0) is 22.9. The fraction of sp³-hybridized carbons (Fsp3) is 0.0909. The molecule has 0 unspecified atom stereocenters. The number of halogens is 1. The average Bonchev–Trinajstić information content (AvgIpc) is 2.94. The summed E-state index contributed by atoms with van der Waals surface area (Å²) in [5, 5.41) is 8.98. The minimum absolute atomic E-state index is 0.0619. The molecule has 3 aromatic rings. The van der Waals surface area contributed by atoms with Crippen LogP contribution in [0, 0.1) is 6.92 Å². The molecule has 0 radical (unpaired) electrons. The minimum Gasteiger partial charge on any atom is -0.464 e. The van der Waals surface area contributed by atoms with E-state index in [-0.39, 0.29) is 10.8 Å². The van der Waals surface area contributed by atoms with E-state index in [1.165, 1.54) is 29.7 Å². The van der Waals surface area contributed by atoms with Crippen molar-refractivity contribution in [2.45, 2.75) is 18.2 Å². The summed E-state index contributed by atoms with van der Waals surface area (Å²) in [7, 11) is -3.73. The summed E-state index contributed by atoms with van der Waals surface area (Å²) >= 11 is 7.41. The Morgan fingerprint density at radius 1 is 1.22 bits per heavy atom. The molecule has 2 aromatic carbocycles. The van der Waals surface area contributed by atoms with E-state index in [0.29, 0.717) is 33.5 Å². The monoisotopic (exact) mass is 487 g/mol. The molecule has 4 rings (SSSR count). The maximum absolute atomic E-state index is 12.8. The first-order chi connectivity index (χ1) is 15.2. The lowest BCUT2D eigenvalue weighted by atomic mass is 10.1. The molecule has 3 N–H and O–H groups in total. The molecule has 2 heterocycles. The third kappa shape index (κ3) is 5.08. The number of rotatable bonds is 5. The Balaban J connectivity index is 1.50. The van der Waals surface area contributed by atoms with Crippen LogP contribution in [0.3, 0.4) is 0 Å². The third-order valence-corrected chi connectivity index (χ3v) is 6.95. The molecule has 32 heavy (non-hydrogen) atoms. The Kier molecular flexibility index (Phi) is 6.16. The molecule has 1 aliphatic heterocycles. The van der Waals surface area contributed by atoms with Crippen LogP contribution < -0.4 is 15.2 Å². The first-order valence-electron chi connectivity index (χ1n) is 9.43. The van der Waals surface area contributed by atoms with E-state index < -0.39 is 10.0 Å². The predicted octanol–water partition coefficient (Wildman–Crippen LogP) is 4.27. The molecule has 0 bridgehead atoms. The fourth-order valence-corrected chi connectivity index (χ4v) is 4.76. The van der Waals surface area contributed by atoms with E-state index in [1.54, 1.807) is 42.5 Å². The van der Waals surface area contributed by atoms with Crippen LogP contribution in [0.4, 0.5) is 5.13 Å². The zero-order valence-electron chi connectivity index (χ0n) is 16.8. The molecule has 1 aliphatic rings. The number of amides is 1. The fourth-order valence-electron chi connectivity index (χ4n) is 3.07. The highest BCUT2D eigenvalue weighted by Gasteiger charge is 2.16. The Hall–Kier alpha value is -2.98. The average molecular weight is 488 g/mol. The number of nitrogens with two attached hydrogens (primary N) is 1. The van der Waals surface area contributed by atoms with Crippen molar-refractivity contribution in [3.63, 3.8) is 0 Å². The Bertz CT molecular complexity index is 1360. The molecule has 0 fully saturated rings. The number of hydrogen-bond donors (Lipinski definition) is 2. The lowest BCUT2D eigenvalue weighted by Gasteiger charge is -2.04. The summed E-state index contributed by atoms with van der Waals surface area (Å²) in [5.41, 5.74) is 2.79. The predicted molar refractivity (Wildman–Crippen MR) is 125 cm³/mol. The van der Waals surface area contributed by atoms with Crippen LogP contribution in [0.15, 0.2) is 65.3 Å². The van der Waals surface area contributed by atoms with Gasteiger partial charge in [0.05, 0.1) is 16.9 Å². The van der Waals surface area contributed by atoms with Crippen molar-refractivity contribution < 1.29 is 17.9 Å². The Morgan fingerprint density at radius 3 is 2.69 bits per heavy atom. The molecular formula is C22H18ClN3O4S2. The van der Waals surface area contributed by atoms with Crippen LogP contribution in [0.1, 0.15) is 21.7 Å². The normalized spacial score (nSPS) is 13.0. The van der Waals surface area contributed by atoms with Crippen molar-refractivity contribution in [3.8, 4) is 5.75 Å². The van der Waals surface area contributed by atoms with Gasteiger partial charge in [-0.3, -0.25) is 10.1 Å². The molecule has 0 spiro atoms. The van der Waals surface area contributed by atoms with Gasteiger partial charge >= 0.3 is 0 Å². The van der Waals surface area contributed by atoms with Crippen LogP contribution in [0.5, 0.6) is 5.75 Å². The van der Waals surface area contributed by atoms with Gasteiger partial charge < -0.3 is 4.74 Å². The van der Waals surface area contributed by atoms with Gasteiger partial charge in [-0.2, -0.15) is 0 Å². The summed E-state index contributed by atoms with van der Waals surface area (Å²) < 4.78 is 28.3. The second-order valence-corrected chi connectivity index (χ2v) is 10.1. The quantitative estimate of drug-likeness (QED) is 0.558. The van der Waals surface area contributed by atoms with E-state index in [1.807, 2.05) is 6.92 Å². The number of nitrogens with one attached hydrogen (secondary N) is 1. The number of aryl methyl sites for hydroxylation is 1. The summed E-state index contributed by atoms with van der Waals surface area (Å²) in [6, 6.07) is 11.5. The smallest absolute Gasteiger partial charge is 0.257 e. The first-order valence-corrected chi connectivity index (χ1v) is 12.2. The number of carbonyl (C=O) groups is 1. The van der Waals surface area contributed by atoms with Crippen molar-refractivity contribution >= 4 is 50.1 Å². The van der Waals surface area contributed by atoms with E-state index in [0.717, 1.165) is 16.1 Å². The van der Waals surface area contributed by atoms with E-state index in [2.05, 4.69) is 10.3 Å². The molecule has 7 nitrogen and oxygen atoms in total. The second-order valence-electron chi connectivity index (χ2n) is 7.05. The molecule has 164 valence electrons. The number of sulfonamides is 1. The maximum Gasteiger partial charge on any atom is 0.257 e. The van der Waals surface area contributed by atoms with Gasteiger partial charge in [0.1, 0.15) is 5.75 Å². The van der Waals surface area contributed by atoms with E-state index >= 15 is 0 Å². The molecule has 10 heteroatoms. The van der Waals surface area contributed by atoms with Crippen LogP contribution in [-0.4, -0.2) is 19.3 Å². The highest BCUT2D eigenvalue weighted by molar-refractivity contribution is 7.89. The number of carbonyl (C=O) groups excluding carboxylic acids is 1. The molecule has 0 saturated heterocycles. The van der Waals surface area contributed by atoms with Crippen LogP contribution in [0.2, 0.25) is 5.02 Å².